The number of alkyl halides is 1. The van der Waals surface area contributed by atoms with Gasteiger partial charge in [-0.05, 0) is 29.2 Å². The number of benzene rings is 1. The Morgan fingerprint density at radius 2 is 1.79 bits per heavy atom. The molecule has 102 valence electrons. The maximum absolute atomic E-state index is 6.28. The Morgan fingerprint density at radius 3 is 2.37 bits per heavy atom. The maximum atomic E-state index is 6.28. The molecule has 19 heavy (non-hydrogen) atoms. The average molecular weight is 378 g/mol. The lowest BCUT2D eigenvalue weighted by molar-refractivity contribution is 0.604. The van der Waals surface area contributed by atoms with Crippen molar-refractivity contribution < 1.29 is 0 Å². The van der Waals surface area contributed by atoms with Crippen molar-refractivity contribution in [3.63, 3.8) is 0 Å². The molecule has 2 rings (SSSR count). The van der Waals surface area contributed by atoms with E-state index in [1.807, 2.05) is 29.5 Å². The van der Waals surface area contributed by atoms with Crippen LogP contribution in [0.15, 0.2) is 30.3 Å². The van der Waals surface area contributed by atoms with Crippen molar-refractivity contribution in [3.05, 3.63) is 55.7 Å². The molecule has 0 amide bonds. The van der Waals surface area contributed by atoms with Gasteiger partial charge in [0.1, 0.15) is 0 Å². The van der Waals surface area contributed by atoms with Crippen LogP contribution >= 0.6 is 50.5 Å². The van der Waals surface area contributed by atoms with Gasteiger partial charge < -0.3 is 0 Å². The lowest BCUT2D eigenvalue weighted by Gasteiger charge is -2.16. The highest BCUT2D eigenvalue weighted by molar-refractivity contribution is 9.09. The highest BCUT2D eigenvalue weighted by atomic mass is 79.9. The van der Waals surface area contributed by atoms with E-state index in [9.17, 15) is 0 Å². The summed E-state index contributed by atoms with van der Waals surface area (Å²) in [6, 6.07) is 10.1. The number of rotatable bonds is 2. The Labute approximate surface area is 136 Å². The summed E-state index contributed by atoms with van der Waals surface area (Å²) >= 11 is 17.9. The van der Waals surface area contributed by atoms with Crippen LogP contribution < -0.4 is 0 Å². The molecule has 0 N–H and O–H groups in total. The van der Waals surface area contributed by atoms with Gasteiger partial charge in [-0.25, -0.2) is 0 Å². The van der Waals surface area contributed by atoms with Gasteiger partial charge in [0.25, 0.3) is 0 Å². The molecule has 1 heterocycles. The molecule has 0 aliphatic heterocycles. The molecule has 0 nitrogen and oxygen atoms in total. The molecule has 0 aliphatic carbocycles. The first-order chi connectivity index (χ1) is 8.80. The van der Waals surface area contributed by atoms with Gasteiger partial charge in [-0.3, -0.25) is 0 Å². The molecule has 1 aromatic heterocycles. The first-order valence-corrected chi connectivity index (χ1v) is 8.47. The Hall–Kier alpha value is -0.0200. The first-order valence-electron chi connectivity index (χ1n) is 5.99. The Balaban J connectivity index is 2.37. The minimum absolute atomic E-state index is 0.0831. The topological polar surface area (TPSA) is 0 Å². The van der Waals surface area contributed by atoms with Crippen LogP contribution in [0.2, 0.25) is 10.0 Å². The zero-order valence-corrected chi connectivity index (χ0v) is 14.9. The molecular formula is C15H15BrCl2S. The molecule has 1 aromatic carbocycles. The predicted octanol–water partition coefficient (Wildman–Crippen LogP) is 6.84. The molecule has 0 saturated carbocycles. The van der Waals surface area contributed by atoms with Gasteiger partial charge in [0.15, 0.2) is 0 Å². The quantitative estimate of drug-likeness (QED) is 0.502. The largest absolute Gasteiger partial charge is 0.143 e. The second-order valence-electron chi connectivity index (χ2n) is 5.46. The Kier molecular flexibility index (Phi) is 4.67. The molecule has 2 aromatic rings. The molecule has 4 heteroatoms. The fraction of sp³-hybridized carbons (Fsp3) is 0.333. The van der Waals surface area contributed by atoms with E-state index >= 15 is 0 Å². The van der Waals surface area contributed by atoms with Crippen molar-refractivity contribution in [1.82, 2.24) is 0 Å². The van der Waals surface area contributed by atoms with Crippen LogP contribution in [0.5, 0.6) is 0 Å². The third-order valence-corrected chi connectivity index (χ3v) is 6.57. The smallest absolute Gasteiger partial charge is 0.0753 e. The summed E-state index contributed by atoms with van der Waals surface area (Å²) in [5.74, 6) is 0. The van der Waals surface area contributed by atoms with Crippen LogP contribution in [-0.2, 0) is 5.41 Å². The van der Waals surface area contributed by atoms with E-state index in [4.69, 9.17) is 23.2 Å². The van der Waals surface area contributed by atoms with E-state index in [1.54, 1.807) is 0 Å². The predicted molar refractivity (Wildman–Crippen MR) is 90.3 cm³/mol. The monoisotopic (exact) mass is 376 g/mol. The SMILES string of the molecule is CC(C)(C)c1ccc(C(Br)c2cccc(Cl)c2Cl)s1. The van der Waals surface area contributed by atoms with Crippen LogP contribution in [0.3, 0.4) is 0 Å². The fourth-order valence-electron chi connectivity index (χ4n) is 1.76. The fourth-order valence-corrected chi connectivity index (χ4v) is 4.19. The molecule has 0 fully saturated rings. The van der Waals surface area contributed by atoms with Crippen LogP contribution in [0.4, 0.5) is 0 Å². The number of thiophene rings is 1. The summed E-state index contributed by atoms with van der Waals surface area (Å²) in [5.41, 5.74) is 1.18. The van der Waals surface area contributed by atoms with E-state index in [1.165, 1.54) is 9.75 Å². The van der Waals surface area contributed by atoms with E-state index in [2.05, 4.69) is 48.8 Å². The van der Waals surface area contributed by atoms with Crippen LogP contribution in [0.25, 0.3) is 0 Å². The van der Waals surface area contributed by atoms with Crippen molar-refractivity contribution in [2.45, 2.75) is 31.0 Å². The van der Waals surface area contributed by atoms with Gasteiger partial charge in [-0.15, -0.1) is 11.3 Å². The van der Waals surface area contributed by atoms with Gasteiger partial charge in [-0.2, -0.15) is 0 Å². The molecule has 0 aliphatic rings. The van der Waals surface area contributed by atoms with Crippen molar-refractivity contribution in [1.29, 1.82) is 0 Å². The third-order valence-electron chi connectivity index (χ3n) is 2.87. The highest BCUT2D eigenvalue weighted by Crippen LogP contribution is 2.42. The van der Waals surface area contributed by atoms with Crippen LogP contribution in [-0.4, -0.2) is 0 Å². The molecule has 0 spiro atoms. The summed E-state index contributed by atoms with van der Waals surface area (Å²) in [6.07, 6.45) is 0. The lowest BCUT2D eigenvalue weighted by atomic mass is 9.95. The average Bonchev–Trinajstić information content (AvgIpc) is 2.81. The van der Waals surface area contributed by atoms with Crippen molar-refractivity contribution in [2.75, 3.05) is 0 Å². The summed E-state index contributed by atoms with van der Waals surface area (Å²) in [7, 11) is 0. The van der Waals surface area contributed by atoms with Gasteiger partial charge >= 0.3 is 0 Å². The van der Waals surface area contributed by atoms with E-state index < -0.39 is 0 Å². The molecule has 1 atom stereocenters. The maximum Gasteiger partial charge on any atom is 0.0753 e. The van der Waals surface area contributed by atoms with E-state index in [-0.39, 0.29) is 10.2 Å². The zero-order chi connectivity index (χ0) is 14.2. The van der Waals surface area contributed by atoms with Crippen molar-refractivity contribution in [3.8, 4) is 0 Å². The second kappa shape index (κ2) is 5.77. The summed E-state index contributed by atoms with van der Waals surface area (Å²) in [5, 5.41) is 1.22. The minimum atomic E-state index is 0.0831. The van der Waals surface area contributed by atoms with Gasteiger partial charge in [0.05, 0.1) is 14.9 Å². The molecule has 1 unspecified atom stereocenters. The lowest BCUT2D eigenvalue weighted by Crippen LogP contribution is -2.07. The number of halogens is 3. The molecule has 0 bridgehead atoms. The van der Waals surface area contributed by atoms with Crippen molar-refractivity contribution >= 4 is 50.5 Å². The summed E-state index contributed by atoms with van der Waals surface area (Å²) < 4.78 is 0. The van der Waals surface area contributed by atoms with Crippen molar-refractivity contribution in [2.24, 2.45) is 0 Å². The van der Waals surface area contributed by atoms with Gasteiger partial charge in [-0.1, -0.05) is 72.0 Å². The number of hydrogen-bond acceptors (Lipinski definition) is 1. The molecule has 0 saturated heterocycles. The zero-order valence-electron chi connectivity index (χ0n) is 11.0. The van der Waals surface area contributed by atoms with E-state index in [0.717, 1.165) is 5.56 Å². The van der Waals surface area contributed by atoms with Gasteiger partial charge in [0, 0.05) is 9.75 Å². The summed E-state index contributed by atoms with van der Waals surface area (Å²) in [4.78, 5) is 2.69. The normalized spacial score (nSPS) is 13.6. The molecular weight excluding hydrogens is 363 g/mol. The highest BCUT2D eigenvalue weighted by Gasteiger charge is 2.21. The van der Waals surface area contributed by atoms with Crippen LogP contribution in [0, 0.1) is 0 Å². The number of hydrogen-bond donors (Lipinski definition) is 0. The van der Waals surface area contributed by atoms with Crippen LogP contribution in [0.1, 0.15) is 40.9 Å². The third kappa shape index (κ3) is 3.36. The van der Waals surface area contributed by atoms with E-state index in [0.29, 0.717) is 10.0 Å². The minimum Gasteiger partial charge on any atom is -0.143 e. The second-order valence-corrected chi connectivity index (χ2v) is 8.27. The van der Waals surface area contributed by atoms with Gasteiger partial charge in [0.2, 0.25) is 0 Å². The Bertz CT molecular complexity index is 584. The standard InChI is InChI=1S/C15H15BrCl2S/c1-15(2,3)12-8-7-11(19-12)13(16)9-5-4-6-10(17)14(9)18/h4-8,13H,1-3H3. The first kappa shape index (κ1) is 15.4. The summed E-state index contributed by atoms with van der Waals surface area (Å²) in [6.45, 7) is 6.66. The molecule has 0 radical (unpaired) electrons. The Morgan fingerprint density at radius 1 is 1.11 bits per heavy atom.